The van der Waals surface area contributed by atoms with E-state index >= 15 is 0 Å². The summed E-state index contributed by atoms with van der Waals surface area (Å²) in [5.41, 5.74) is 7.85. The van der Waals surface area contributed by atoms with Crippen LogP contribution in [0.3, 0.4) is 0 Å². The molecule has 0 saturated heterocycles. The first-order chi connectivity index (χ1) is 17.0. The number of anilines is 1. The zero-order chi connectivity index (χ0) is 24.5. The molecule has 0 unspecified atom stereocenters. The summed E-state index contributed by atoms with van der Waals surface area (Å²) in [7, 11) is 4.01. The summed E-state index contributed by atoms with van der Waals surface area (Å²) in [4.78, 5) is 11.3. The molecule has 0 bridgehead atoms. The van der Waals surface area contributed by atoms with Crippen molar-refractivity contribution in [1.29, 1.82) is 0 Å². The van der Waals surface area contributed by atoms with Crippen LogP contribution in [0.25, 0.3) is 44.4 Å². The van der Waals surface area contributed by atoms with Crippen LogP contribution in [0.2, 0.25) is 10.2 Å². The summed E-state index contributed by atoms with van der Waals surface area (Å²) >= 11 is 12.9. The third kappa shape index (κ3) is 4.37. The van der Waals surface area contributed by atoms with Crippen LogP contribution >= 0.6 is 23.2 Å². The van der Waals surface area contributed by atoms with Gasteiger partial charge in [0.2, 0.25) is 0 Å². The Labute approximate surface area is 214 Å². The van der Waals surface area contributed by atoms with E-state index in [-0.39, 0.29) is 6.61 Å². The lowest BCUT2D eigenvalue weighted by atomic mass is 9.94. The molecular weight excluding hydrogens is 477 g/mol. The largest absolute Gasteiger partial charge is 0.392 e. The van der Waals surface area contributed by atoms with Gasteiger partial charge in [0.05, 0.1) is 23.5 Å². The lowest BCUT2D eigenvalue weighted by Gasteiger charge is -2.22. The first-order valence-electron chi connectivity index (χ1n) is 11.2. The molecule has 0 fully saturated rings. The molecule has 3 aromatic carbocycles. The van der Waals surface area contributed by atoms with Crippen LogP contribution in [0.15, 0.2) is 85.1 Å². The van der Waals surface area contributed by atoms with Crippen LogP contribution < -0.4 is 4.90 Å². The molecule has 0 aliphatic heterocycles. The van der Waals surface area contributed by atoms with Gasteiger partial charge < -0.3 is 10.0 Å². The van der Waals surface area contributed by atoms with Gasteiger partial charge in [0.25, 0.3) is 0 Å². The molecule has 174 valence electrons. The van der Waals surface area contributed by atoms with Gasteiger partial charge >= 0.3 is 0 Å². The predicted octanol–water partition coefficient (Wildman–Crippen LogP) is 7.50. The van der Waals surface area contributed by atoms with Crippen molar-refractivity contribution in [2.45, 2.75) is 6.61 Å². The van der Waals surface area contributed by atoms with E-state index in [2.05, 4.69) is 16.0 Å². The zero-order valence-electron chi connectivity index (χ0n) is 19.3. The van der Waals surface area contributed by atoms with Gasteiger partial charge in [-0.15, -0.1) is 0 Å². The highest BCUT2D eigenvalue weighted by Gasteiger charge is 2.19. The molecule has 0 radical (unpaired) electrons. The van der Waals surface area contributed by atoms with Crippen molar-refractivity contribution in [2.24, 2.45) is 0 Å². The molecule has 6 heteroatoms. The van der Waals surface area contributed by atoms with Gasteiger partial charge in [0, 0.05) is 47.4 Å². The minimum Gasteiger partial charge on any atom is -0.392 e. The Morgan fingerprint density at radius 2 is 1.60 bits per heavy atom. The molecule has 4 nitrogen and oxygen atoms in total. The summed E-state index contributed by atoms with van der Waals surface area (Å²) in [6, 6.07) is 25.6. The normalized spacial score (nSPS) is 11.1. The lowest BCUT2D eigenvalue weighted by molar-refractivity contribution is 0.282. The second-order valence-electron chi connectivity index (χ2n) is 8.47. The standard InChI is InChI=1S/C29H23Cl2N3O/c1-34(2)28-23-16-19(11-12-25(23)33-29(31)26(28)18-7-4-3-5-8-18)22-13-14-32-27(24(22)17-35)20-9-6-10-21(30)15-20/h3-16,35H,17H2,1-2H3. The number of nitrogens with zero attached hydrogens (tertiary/aromatic N) is 3. The monoisotopic (exact) mass is 499 g/mol. The second-order valence-corrected chi connectivity index (χ2v) is 9.27. The fourth-order valence-electron chi connectivity index (χ4n) is 4.52. The van der Waals surface area contributed by atoms with Crippen molar-refractivity contribution in [1.82, 2.24) is 9.97 Å². The number of aromatic nitrogens is 2. The molecule has 0 saturated carbocycles. The van der Waals surface area contributed by atoms with Gasteiger partial charge in [-0.3, -0.25) is 4.98 Å². The summed E-state index contributed by atoms with van der Waals surface area (Å²) in [6.45, 7) is -0.155. The van der Waals surface area contributed by atoms with Crippen molar-refractivity contribution in [3.8, 4) is 33.5 Å². The fraction of sp³-hybridized carbons (Fsp3) is 0.103. The number of fused-ring (bicyclic) bond motifs is 1. The first kappa shape index (κ1) is 23.3. The van der Waals surface area contributed by atoms with E-state index in [4.69, 9.17) is 28.2 Å². The van der Waals surface area contributed by atoms with Crippen molar-refractivity contribution < 1.29 is 5.11 Å². The average Bonchev–Trinajstić information content (AvgIpc) is 2.87. The zero-order valence-corrected chi connectivity index (χ0v) is 20.8. The summed E-state index contributed by atoms with van der Waals surface area (Å²) in [5, 5.41) is 12.4. The van der Waals surface area contributed by atoms with Gasteiger partial charge in [0.1, 0.15) is 5.15 Å². The predicted molar refractivity (Wildman–Crippen MR) is 146 cm³/mol. The minimum atomic E-state index is -0.155. The lowest BCUT2D eigenvalue weighted by Crippen LogP contribution is -2.11. The van der Waals surface area contributed by atoms with E-state index in [0.717, 1.165) is 50.0 Å². The van der Waals surface area contributed by atoms with E-state index in [1.165, 1.54) is 0 Å². The van der Waals surface area contributed by atoms with Gasteiger partial charge in [0.15, 0.2) is 0 Å². The maximum absolute atomic E-state index is 10.4. The quantitative estimate of drug-likeness (QED) is 0.254. The molecule has 2 aromatic heterocycles. The van der Waals surface area contributed by atoms with Crippen LogP contribution in [0.1, 0.15) is 5.56 Å². The molecule has 0 atom stereocenters. The van der Waals surface area contributed by atoms with Crippen molar-refractivity contribution in [2.75, 3.05) is 19.0 Å². The number of pyridine rings is 2. The number of halogens is 2. The molecule has 5 aromatic rings. The third-order valence-electron chi connectivity index (χ3n) is 6.05. The van der Waals surface area contributed by atoms with Crippen LogP contribution in [0.4, 0.5) is 5.69 Å². The third-order valence-corrected chi connectivity index (χ3v) is 6.55. The maximum Gasteiger partial charge on any atom is 0.139 e. The molecule has 0 aliphatic carbocycles. The molecule has 35 heavy (non-hydrogen) atoms. The highest BCUT2D eigenvalue weighted by atomic mass is 35.5. The molecular formula is C29H23Cl2N3O. The molecule has 0 aliphatic rings. The van der Waals surface area contributed by atoms with Crippen molar-refractivity contribution in [3.05, 3.63) is 101 Å². The van der Waals surface area contributed by atoms with Crippen LogP contribution in [-0.4, -0.2) is 29.2 Å². The Kier molecular flexibility index (Phi) is 6.44. The summed E-state index contributed by atoms with van der Waals surface area (Å²) in [6.07, 6.45) is 1.76. The second kappa shape index (κ2) is 9.67. The summed E-state index contributed by atoms with van der Waals surface area (Å²) in [5.74, 6) is 0. The van der Waals surface area contributed by atoms with E-state index in [0.29, 0.717) is 15.9 Å². The van der Waals surface area contributed by atoms with E-state index in [1.807, 2.05) is 86.9 Å². The Hall–Kier alpha value is -3.44. The highest BCUT2D eigenvalue weighted by Crippen LogP contribution is 2.42. The maximum atomic E-state index is 10.4. The Balaban J connectivity index is 1.76. The van der Waals surface area contributed by atoms with Gasteiger partial charge in [-0.05, 0) is 47.0 Å². The van der Waals surface area contributed by atoms with Crippen molar-refractivity contribution >= 4 is 39.8 Å². The molecule has 5 rings (SSSR count). The molecule has 1 N–H and O–H groups in total. The van der Waals surface area contributed by atoms with Gasteiger partial charge in [-0.2, -0.15) is 0 Å². The Morgan fingerprint density at radius 1 is 0.829 bits per heavy atom. The Bertz CT molecular complexity index is 1530. The number of benzene rings is 3. The van der Waals surface area contributed by atoms with E-state index in [9.17, 15) is 5.11 Å². The molecule has 0 amide bonds. The fourth-order valence-corrected chi connectivity index (χ4v) is 5.00. The average molecular weight is 500 g/mol. The molecule has 2 heterocycles. The van der Waals surface area contributed by atoms with E-state index in [1.54, 1.807) is 6.20 Å². The van der Waals surface area contributed by atoms with Crippen molar-refractivity contribution in [3.63, 3.8) is 0 Å². The topological polar surface area (TPSA) is 49.2 Å². The number of aliphatic hydroxyl groups is 1. The van der Waals surface area contributed by atoms with E-state index < -0.39 is 0 Å². The van der Waals surface area contributed by atoms with Gasteiger partial charge in [-0.1, -0.05) is 71.7 Å². The minimum absolute atomic E-state index is 0.155. The SMILES string of the molecule is CN(C)c1c(-c2ccccc2)c(Cl)nc2ccc(-c3ccnc(-c4cccc(Cl)c4)c3CO)cc12. The molecule has 0 spiro atoms. The number of hydrogen-bond donors (Lipinski definition) is 1. The van der Waals surface area contributed by atoms with Gasteiger partial charge in [-0.25, -0.2) is 4.98 Å². The van der Waals surface area contributed by atoms with Crippen LogP contribution in [0, 0.1) is 0 Å². The number of rotatable bonds is 5. The number of aliphatic hydroxyl groups excluding tert-OH is 1. The van der Waals surface area contributed by atoms with Crippen LogP contribution in [0.5, 0.6) is 0 Å². The summed E-state index contributed by atoms with van der Waals surface area (Å²) < 4.78 is 0. The Morgan fingerprint density at radius 3 is 2.31 bits per heavy atom. The van der Waals surface area contributed by atoms with Crippen LogP contribution in [-0.2, 0) is 6.61 Å². The first-order valence-corrected chi connectivity index (χ1v) is 11.9. The number of hydrogen-bond acceptors (Lipinski definition) is 4. The highest BCUT2D eigenvalue weighted by molar-refractivity contribution is 6.34. The smallest absolute Gasteiger partial charge is 0.139 e.